The lowest BCUT2D eigenvalue weighted by Crippen LogP contribution is -2.23. The molecule has 1 rings (SSSR count). The minimum atomic E-state index is 0.0148. The molecule has 1 saturated heterocycles. The number of hydrogen-bond acceptors (Lipinski definition) is 2. The number of piperidine rings is 1. The minimum Gasteiger partial charge on any atom is -0.278 e. The molecular formula is C11H19N3. The summed E-state index contributed by atoms with van der Waals surface area (Å²) < 4.78 is 0. The van der Waals surface area contributed by atoms with Crippen molar-refractivity contribution in [3.8, 4) is 12.0 Å². The zero-order valence-electron chi connectivity index (χ0n) is 9.38. The zero-order chi connectivity index (χ0) is 10.4. The van der Waals surface area contributed by atoms with Crippen LogP contribution in [0.4, 0.5) is 0 Å². The second-order valence-electron chi connectivity index (χ2n) is 4.69. The Hall–Kier alpha value is -1.04. The molecule has 0 aliphatic carbocycles. The van der Waals surface area contributed by atoms with Crippen LogP contribution in [0, 0.1) is 17.4 Å². The predicted octanol–water partition coefficient (Wildman–Crippen LogP) is 2.85. The van der Waals surface area contributed by atoms with E-state index in [9.17, 15) is 0 Å². The smallest absolute Gasteiger partial charge is 0.0599 e. The second kappa shape index (κ2) is 4.99. The first-order valence-electron chi connectivity index (χ1n) is 5.26. The van der Waals surface area contributed by atoms with Gasteiger partial charge in [0.2, 0.25) is 0 Å². The highest BCUT2D eigenvalue weighted by molar-refractivity contribution is 5.05. The van der Waals surface area contributed by atoms with E-state index in [0.717, 1.165) is 13.1 Å². The monoisotopic (exact) mass is 193 g/mol. The normalized spacial score (nSPS) is 18.1. The maximum Gasteiger partial charge on any atom is 0.0599 e. The Morgan fingerprint density at radius 3 is 2.29 bits per heavy atom. The third kappa shape index (κ3) is 4.86. The van der Waals surface area contributed by atoms with Crippen LogP contribution in [0.3, 0.4) is 0 Å². The summed E-state index contributed by atoms with van der Waals surface area (Å²) in [5.74, 6) is 3.02. The average molecular weight is 193 g/mol. The lowest BCUT2D eigenvalue weighted by Gasteiger charge is -2.21. The van der Waals surface area contributed by atoms with Crippen molar-refractivity contribution in [3.63, 3.8) is 0 Å². The number of hydrogen-bond donors (Lipinski definition) is 0. The first kappa shape index (κ1) is 11.0. The molecule has 78 valence electrons. The van der Waals surface area contributed by atoms with E-state index in [4.69, 9.17) is 0 Å². The van der Waals surface area contributed by atoms with Crippen molar-refractivity contribution < 1.29 is 0 Å². The molecule has 0 saturated carbocycles. The summed E-state index contributed by atoms with van der Waals surface area (Å²) in [6.07, 6.45) is 3.77. The van der Waals surface area contributed by atoms with Gasteiger partial charge in [-0.05, 0) is 40.0 Å². The maximum absolute atomic E-state index is 4.07. The standard InChI is InChI=1S/C11H19N3/c1-11(2,3)7-8-12-13-14-9-5-4-6-10-14/h4-6,9-10H2,1-3H3. The number of nitrogens with zero attached hydrogens (tertiary/aromatic N) is 3. The minimum absolute atomic E-state index is 0.0148. The van der Waals surface area contributed by atoms with Gasteiger partial charge in [0.1, 0.15) is 0 Å². The lowest BCUT2D eigenvalue weighted by atomic mass is 9.99. The fourth-order valence-corrected chi connectivity index (χ4v) is 1.24. The zero-order valence-corrected chi connectivity index (χ0v) is 9.38. The molecule has 0 aromatic rings. The van der Waals surface area contributed by atoms with Crippen LogP contribution in [0.15, 0.2) is 10.3 Å². The molecule has 1 aliphatic rings. The van der Waals surface area contributed by atoms with Gasteiger partial charge in [-0.1, -0.05) is 16.3 Å². The third-order valence-electron chi connectivity index (χ3n) is 1.98. The molecule has 0 amide bonds. The Balaban J connectivity index is 2.34. The molecule has 3 nitrogen and oxygen atoms in total. The highest BCUT2D eigenvalue weighted by Gasteiger charge is 2.06. The highest BCUT2D eigenvalue weighted by Crippen LogP contribution is 2.10. The van der Waals surface area contributed by atoms with Gasteiger partial charge in [-0.15, -0.1) is 0 Å². The molecule has 1 fully saturated rings. The van der Waals surface area contributed by atoms with Crippen LogP contribution in [0.5, 0.6) is 0 Å². The summed E-state index contributed by atoms with van der Waals surface area (Å²) in [4.78, 5) is 0. The molecule has 0 aromatic heterocycles. The summed E-state index contributed by atoms with van der Waals surface area (Å²) >= 11 is 0. The van der Waals surface area contributed by atoms with Gasteiger partial charge in [0, 0.05) is 18.5 Å². The second-order valence-corrected chi connectivity index (χ2v) is 4.69. The van der Waals surface area contributed by atoms with Crippen LogP contribution in [-0.4, -0.2) is 18.1 Å². The first-order valence-corrected chi connectivity index (χ1v) is 5.26. The quantitative estimate of drug-likeness (QED) is 0.465. The average Bonchev–Trinajstić information content (AvgIpc) is 2.13. The maximum atomic E-state index is 4.07. The van der Waals surface area contributed by atoms with Gasteiger partial charge in [0.25, 0.3) is 0 Å². The summed E-state index contributed by atoms with van der Waals surface area (Å²) in [5.41, 5.74) is 0.0148. The van der Waals surface area contributed by atoms with Crippen molar-refractivity contribution in [2.24, 2.45) is 15.8 Å². The molecule has 1 aliphatic heterocycles. The Kier molecular flexibility index (Phi) is 3.94. The van der Waals surface area contributed by atoms with Crippen LogP contribution in [-0.2, 0) is 0 Å². The van der Waals surface area contributed by atoms with E-state index in [-0.39, 0.29) is 5.41 Å². The van der Waals surface area contributed by atoms with Crippen molar-refractivity contribution in [3.05, 3.63) is 0 Å². The van der Waals surface area contributed by atoms with Gasteiger partial charge in [0.05, 0.1) is 6.04 Å². The van der Waals surface area contributed by atoms with Crippen molar-refractivity contribution in [2.75, 3.05) is 13.1 Å². The van der Waals surface area contributed by atoms with E-state index >= 15 is 0 Å². The summed E-state index contributed by atoms with van der Waals surface area (Å²) in [7, 11) is 0. The molecule has 1 heterocycles. The van der Waals surface area contributed by atoms with E-state index in [1.54, 1.807) is 0 Å². The van der Waals surface area contributed by atoms with Gasteiger partial charge >= 0.3 is 0 Å². The number of rotatable bonds is 1. The topological polar surface area (TPSA) is 28.0 Å². The van der Waals surface area contributed by atoms with Crippen LogP contribution in [0.1, 0.15) is 40.0 Å². The van der Waals surface area contributed by atoms with E-state index in [1.807, 2.05) is 5.01 Å². The fourth-order valence-electron chi connectivity index (χ4n) is 1.24. The largest absolute Gasteiger partial charge is 0.278 e. The molecule has 3 heteroatoms. The van der Waals surface area contributed by atoms with E-state index < -0.39 is 0 Å². The highest BCUT2D eigenvalue weighted by atomic mass is 15.5. The summed E-state index contributed by atoms with van der Waals surface area (Å²) in [5, 5.41) is 9.94. The van der Waals surface area contributed by atoms with E-state index in [1.165, 1.54) is 19.3 Å². The SMILES string of the molecule is CC(C)(C)C#CN=NN1CCCCC1. The fraction of sp³-hybridized carbons (Fsp3) is 0.818. The van der Waals surface area contributed by atoms with Crippen LogP contribution in [0.25, 0.3) is 0 Å². The van der Waals surface area contributed by atoms with E-state index in [0.29, 0.717) is 0 Å². The Labute approximate surface area is 86.6 Å². The molecule has 0 radical (unpaired) electrons. The molecule has 0 N–H and O–H groups in total. The molecule has 0 atom stereocenters. The van der Waals surface area contributed by atoms with Crippen molar-refractivity contribution in [1.29, 1.82) is 0 Å². The lowest BCUT2D eigenvalue weighted by molar-refractivity contribution is 0.225. The van der Waals surface area contributed by atoms with Crippen molar-refractivity contribution >= 4 is 0 Å². The van der Waals surface area contributed by atoms with Crippen molar-refractivity contribution in [2.45, 2.75) is 40.0 Å². The van der Waals surface area contributed by atoms with Crippen LogP contribution in [0.2, 0.25) is 0 Å². The van der Waals surface area contributed by atoms with Crippen molar-refractivity contribution in [1.82, 2.24) is 5.01 Å². The molecular weight excluding hydrogens is 174 g/mol. The Morgan fingerprint density at radius 1 is 1.07 bits per heavy atom. The van der Waals surface area contributed by atoms with Gasteiger partial charge in [-0.2, -0.15) is 0 Å². The van der Waals surface area contributed by atoms with E-state index in [2.05, 4.69) is 43.1 Å². The van der Waals surface area contributed by atoms with Gasteiger partial charge in [-0.25, -0.2) is 0 Å². The predicted molar refractivity (Wildman–Crippen MR) is 57.5 cm³/mol. The first-order chi connectivity index (χ1) is 6.58. The Morgan fingerprint density at radius 2 is 1.71 bits per heavy atom. The molecule has 0 spiro atoms. The molecule has 0 bridgehead atoms. The summed E-state index contributed by atoms with van der Waals surface area (Å²) in [6.45, 7) is 8.25. The molecule has 0 unspecified atom stereocenters. The molecule has 0 aromatic carbocycles. The van der Waals surface area contributed by atoms with Gasteiger partial charge in [-0.3, -0.25) is 5.01 Å². The van der Waals surface area contributed by atoms with Crippen LogP contribution < -0.4 is 0 Å². The summed E-state index contributed by atoms with van der Waals surface area (Å²) in [6, 6.07) is 2.74. The van der Waals surface area contributed by atoms with Gasteiger partial charge in [0.15, 0.2) is 0 Å². The molecule has 14 heavy (non-hydrogen) atoms. The Bertz CT molecular complexity index is 246. The third-order valence-corrected chi connectivity index (χ3v) is 1.98. The van der Waals surface area contributed by atoms with Gasteiger partial charge < -0.3 is 0 Å². The van der Waals surface area contributed by atoms with Crippen LogP contribution >= 0.6 is 0 Å².